The highest BCUT2D eigenvalue weighted by Crippen LogP contribution is 2.38. The van der Waals surface area contributed by atoms with Gasteiger partial charge in [-0.25, -0.2) is 13.9 Å². The van der Waals surface area contributed by atoms with Crippen molar-refractivity contribution in [2.75, 3.05) is 0 Å². The Morgan fingerprint density at radius 2 is 1.67 bits per heavy atom. The lowest BCUT2D eigenvalue weighted by Crippen LogP contribution is -2.41. The minimum Gasteiger partial charge on any atom is -0.334 e. The van der Waals surface area contributed by atoms with Crippen LogP contribution in [-0.4, -0.2) is 25.3 Å². The fraction of sp³-hybridized carbons (Fsp3) is 0.188. The van der Waals surface area contributed by atoms with E-state index in [9.17, 15) is 9.18 Å². The van der Waals surface area contributed by atoms with E-state index in [0.717, 1.165) is 46.0 Å². The lowest BCUT2D eigenvalue weighted by Gasteiger charge is -2.31. The lowest BCUT2D eigenvalue weighted by molar-refractivity contribution is 0.180. The Bertz CT molecular complexity index is 1600. The summed E-state index contributed by atoms with van der Waals surface area (Å²) in [5, 5.41) is 7.98. The van der Waals surface area contributed by atoms with Gasteiger partial charge >= 0.3 is 6.03 Å². The molecule has 2 amide bonds. The van der Waals surface area contributed by atoms with E-state index < -0.39 is 0 Å². The number of hydrogen-bond donors (Lipinski definition) is 1. The third-order valence-corrected chi connectivity index (χ3v) is 7.41. The van der Waals surface area contributed by atoms with Gasteiger partial charge in [-0.3, -0.25) is 0 Å². The Kier molecular flexibility index (Phi) is 6.49. The zero-order valence-corrected chi connectivity index (χ0v) is 22.0. The van der Waals surface area contributed by atoms with Crippen molar-refractivity contribution in [3.63, 3.8) is 0 Å². The molecular formula is C32H30FN5O. The summed E-state index contributed by atoms with van der Waals surface area (Å²) in [4.78, 5) is 15.8. The van der Waals surface area contributed by atoms with Crippen LogP contribution >= 0.6 is 0 Å². The maximum absolute atomic E-state index is 13.9. The van der Waals surface area contributed by atoms with Crippen LogP contribution in [0.2, 0.25) is 0 Å². The number of aromatic nitrogens is 3. The van der Waals surface area contributed by atoms with Gasteiger partial charge in [0, 0.05) is 18.3 Å². The topological polar surface area (TPSA) is 55.1 Å². The molecule has 2 aromatic heterocycles. The number of para-hydroxylation sites is 1. The first-order valence-corrected chi connectivity index (χ1v) is 13.2. The summed E-state index contributed by atoms with van der Waals surface area (Å²) < 4.78 is 17.5. The van der Waals surface area contributed by atoms with E-state index in [1.54, 1.807) is 12.1 Å². The number of aryl methyl sites for hydroxylation is 2. The number of benzene rings is 3. The number of rotatable bonds is 5. The molecule has 0 fully saturated rings. The number of carbonyl (C=O) groups excluding carboxylic acids is 1. The van der Waals surface area contributed by atoms with E-state index in [0.29, 0.717) is 13.1 Å². The highest BCUT2D eigenvalue weighted by atomic mass is 19.1. The number of fused-ring (bicyclic) bond motifs is 3. The van der Waals surface area contributed by atoms with E-state index in [4.69, 9.17) is 5.10 Å². The van der Waals surface area contributed by atoms with Crippen LogP contribution in [0.5, 0.6) is 0 Å². The van der Waals surface area contributed by atoms with Crippen molar-refractivity contribution in [1.82, 2.24) is 24.6 Å². The van der Waals surface area contributed by atoms with Crippen molar-refractivity contribution >= 4 is 6.03 Å². The second-order valence-electron chi connectivity index (χ2n) is 9.85. The number of nitrogens with zero attached hydrogens (tertiary/aromatic N) is 4. The largest absolute Gasteiger partial charge is 0.334 e. The number of carbonyl (C=O) groups is 1. The highest BCUT2D eigenvalue weighted by molar-refractivity contribution is 5.76. The molecule has 1 N–H and O–H groups in total. The minimum atomic E-state index is -0.324. The van der Waals surface area contributed by atoms with Gasteiger partial charge in [-0.05, 0) is 66.4 Å². The Balaban J connectivity index is 1.46. The standard InChI is InChI=1S/C32H30FN5O/c1-3-23-11-15-25(16-12-23)30-29-10-7-19-36(29)31-28(22(2)35-38(31)27-8-5-4-6-9-27)21-37(30)32(39)34-20-24-13-17-26(33)18-14-24/h4-19,30H,3,20-21H2,1-2H3,(H,34,39)/t30-/m0/s1. The highest BCUT2D eigenvalue weighted by Gasteiger charge is 2.35. The van der Waals surface area contributed by atoms with Crippen LogP contribution in [0.3, 0.4) is 0 Å². The van der Waals surface area contributed by atoms with Gasteiger partial charge in [0.05, 0.1) is 29.7 Å². The molecule has 6 nitrogen and oxygen atoms in total. The third kappa shape index (κ3) is 4.61. The maximum Gasteiger partial charge on any atom is 0.318 e. The number of urea groups is 1. The van der Waals surface area contributed by atoms with E-state index >= 15 is 0 Å². The molecule has 1 aliphatic rings. The zero-order valence-electron chi connectivity index (χ0n) is 22.0. The van der Waals surface area contributed by atoms with Gasteiger partial charge in [-0.2, -0.15) is 5.10 Å². The molecule has 5 aromatic rings. The molecular weight excluding hydrogens is 489 g/mol. The molecule has 3 heterocycles. The van der Waals surface area contributed by atoms with Gasteiger partial charge in [-0.15, -0.1) is 0 Å². The quantitative estimate of drug-likeness (QED) is 0.289. The van der Waals surface area contributed by atoms with Crippen molar-refractivity contribution in [2.45, 2.75) is 39.4 Å². The summed E-state index contributed by atoms with van der Waals surface area (Å²) in [6.45, 7) is 4.81. The lowest BCUT2D eigenvalue weighted by atomic mass is 9.99. The van der Waals surface area contributed by atoms with E-state index in [2.05, 4.69) is 47.1 Å². The summed E-state index contributed by atoms with van der Waals surface area (Å²) >= 11 is 0. The first kappa shape index (κ1) is 24.7. The van der Waals surface area contributed by atoms with Gasteiger partial charge < -0.3 is 14.8 Å². The molecule has 0 saturated carbocycles. The molecule has 0 saturated heterocycles. The van der Waals surface area contributed by atoms with E-state index in [-0.39, 0.29) is 17.9 Å². The van der Waals surface area contributed by atoms with Gasteiger partial charge in [0.1, 0.15) is 11.6 Å². The number of amides is 2. The molecule has 7 heteroatoms. The molecule has 196 valence electrons. The van der Waals surface area contributed by atoms with Crippen LogP contribution in [-0.2, 0) is 19.5 Å². The third-order valence-electron chi connectivity index (χ3n) is 7.41. The Labute approximate surface area is 227 Å². The molecule has 0 aliphatic carbocycles. The average Bonchev–Trinajstić information content (AvgIpc) is 3.53. The number of nitrogens with one attached hydrogen (secondary N) is 1. The summed E-state index contributed by atoms with van der Waals surface area (Å²) in [6.07, 6.45) is 2.99. The molecule has 0 unspecified atom stereocenters. The van der Waals surface area contributed by atoms with Crippen LogP contribution in [0, 0.1) is 12.7 Å². The van der Waals surface area contributed by atoms with Crippen molar-refractivity contribution < 1.29 is 9.18 Å². The second kappa shape index (κ2) is 10.3. The second-order valence-corrected chi connectivity index (χ2v) is 9.85. The average molecular weight is 520 g/mol. The van der Waals surface area contributed by atoms with E-state index in [1.807, 2.05) is 59.1 Å². The minimum absolute atomic E-state index is 0.198. The molecule has 1 aliphatic heterocycles. The summed E-state index contributed by atoms with van der Waals surface area (Å²) in [5.41, 5.74) is 6.90. The maximum atomic E-state index is 13.9. The Morgan fingerprint density at radius 3 is 2.38 bits per heavy atom. The van der Waals surface area contributed by atoms with Crippen LogP contribution in [0.25, 0.3) is 11.5 Å². The van der Waals surface area contributed by atoms with Crippen molar-refractivity contribution in [1.29, 1.82) is 0 Å². The molecule has 6 rings (SSSR count). The van der Waals surface area contributed by atoms with E-state index in [1.165, 1.54) is 17.7 Å². The summed E-state index contributed by atoms with van der Waals surface area (Å²) in [6, 6.07) is 28.3. The zero-order chi connectivity index (χ0) is 26.9. The monoisotopic (exact) mass is 519 g/mol. The molecule has 3 aromatic carbocycles. The van der Waals surface area contributed by atoms with Crippen molar-refractivity contribution in [3.05, 3.63) is 137 Å². The van der Waals surface area contributed by atoms with Gasteiger partial charge in [0.2, 0.25) is 0 Å². The number of hydrogen-bond acceptors (Lipinski definition) is 2. The molecule has 39 heavy (non-hydrogen) atoms. The Hall–Kier alpha value is -4.65. The molecule has 1 atom stereocenters. The summed E-state index contributed by atoms with van der Waals surface area (Å²) in [5.74, 6) is 0.634. The predicted octanol–water partition coefficient (Wildman–Crippen LogP) is 6.49. The Morgan fingerprint density at radius 1 is 0.949 bits per heavy atom. The number of halogens is 1. The smallest absolute Gasteiger partial charge is 0.318 e. The van der Waals surface area contributed by atoms with Gasteiger partial charge in [0.25, 0.3) is 0 Å². The van der Waals surface area contributed by atoms with Gasteiger partial charge in [0.15, 0.2) is 0 Å². The van der Waals surface area contributed by atoms with Crippen molar-refractivity contribution in [2.24, 2.45) is 0 Å². The predicted molar refractivity (Wildman–Crippen MR) is 149 cm³/mol. The van der Waals surface area contributed by atoms with Crippen LogP contribution < -0.4 is 5.32 Å². The van der Waals surface area contributed by atoms with Crippen LogP contribution in [0.1, 0.15) is 46.6 Å². The van der Waals surface area contributed by atoms with Crippen molar-refractivity contribution in [3.8, 4) is 11.5 Å². The molecule has 0 spiro atoms. The fourth-order valence-corrected chi connectivity index (χ4v) is 5.32. The normalized spacial score (nSPS) is 14.4. The van der Waals surface area contributed by atoms with Crippen LogP contribution in [0.15, 0.2) is 97.2 Å². The molecule has 0 bridgehead atoms. The first-order valence-electron chi connectivity index (χ1n) is 13.2. The first-order chi connectivity index (χ1) is 19.0. The molecule has 0 radical (unpaired) electrons. The van der Waals surface area contributed by atoms with Gasteiger partial charge in [-0.1, -0.05) is 61.5 Å². The summed E-state index contributed by atoms with van der Waals surface area (Å²) in [7, 11) is 0. The SMILES string of the molecule is CCc1ccc([C@H]2c3cccn3-c3c(c(C)nn3-c3ccccc3)CN2C(=O)NCc2ccc(F)cc2)cc1. The van der Waals surface area contributed by atoms with Crippen LogP contribution in [0.4, 0.5) is 9.18 Å². The fourth-order valence-electron chi connectivity index (χ4n) is 5.32.